The first-order chi connectivity index (χ1) is 9.29. The van der Waals surface area contributed by atoms with E-state index in [0.717, 1.165) is 43.3 Å². The molecule has 3 nitrogen and oxygen atoms in total. The number of rotatable bonds is 8. The molecule has 4 heteroatoms. The Morgan fingerprint density at radius 1 is 1.37 bits per heavy atom. The Morgan fingerprint density at radius 3 is 3.11 bits per heavy atom. The molecule has 0 bridgehead atoms. The van der Waals surface area contributed by atoms with Crippen molar-refractivity contribution in [2.45, 2.75) is 31.8 Å². The fourth-order valence-electron chi connectivity index (χ4n) is 2.34. The molecule has 0 saturated heterocycles. The summed E-state index contributed by atoms with van der Waals surface area (Å²) >= 11 is 5.98. The third kappa shape index (κ3) is 4.68. The maximum absolute atomic E-state index is 5.98. The number of halogens is 1. The van der Waals surface area contributed by atoms with Crippen molar-refractivity contribution in [2.75, 3.05) is 26.8 Å². The van der Waals surface area contributed by atoms with Crippen molar-refractivity contribution in [3.05, 3.63) is 28.8 Å². The Kier molecular flexibility index (Phi) is 5.95. The van der Waals surface area contributed by atoms with E-state index in [4.69, 9.17) is 21.1 Å². The van der Waals surface area contributed by atoms with Crippen molar-refractivity contribution in [1.82, 2.24) is 5.32 Å². The van der Waals surface area contributed by atoms with Gasteiger partial charge in [0.25, 0.3) is 0 Å². The smallest absolute Gasteiger partial charge is 0.123 e. The molecule has 1 unspecified atom stereocenters. The highest BCUT2D eigenvalue weighted by molar-refractivity contribution is 6.30. The maximum Gasteiger partial charge on any atom is 0.123 e. The van der Waals surface area contributed by atoms with Crippen LogP contribution in [0.4, 0.5) is 0 Å². The van der Waals surface area contributed by atoms with E-state index < -0.39 is 0 Å². The Hall–Kier alpha value is -0.770. The summed E-state index contributed by atoms with van der Waals surface area (Å²) in [5.41, 5.74) is 1.22. The first-order valence-corrected chi connectivity index (χ1v) is 7.32. The Labute approximate surface area is 120 Å². The van der Waals surface area contributed by atoms with E-state index in [0.29, 0.717) is 0 Å². The molecule has 1 heterocycles. The second kappa shape index (κ2) is 7.73. The highest BCUT2D eigenvalue weighted by Gasteiger charge is 2.22. The van der Waals surface area contributed by atoms with Gasteiger partial charge in [0.15, 0.2) is 0 Å². The Morgan fingerprint density at radius 2 is 2.26 bits per heavy atom. The highest BCUT2D eigenvalue weighted by Crippen LogP contribution is 2.30. The molecule has 1 N–H and O–H groups in total. The van der Waals surface area contributed by atoms with Crippen LogP contribution in [0, 0.1) is 0 Å². The lowest BCUT2D eigenvalue weighted by atomic mass is 10.1. The first-order valence-electron chi connectivity index (χ1n) is 6.94. The van der Waals surface area contributed by atoms with Gasteiger partial charge in [0.1, 0.15) is 11.9 Å². The molecule has 0 saturated carbocycles. The minimum atomic E-state index is 0.243. The SMILES string of the molecule is COCCCCCNCC1Cc2cc(Cl)ccc2O1. The molecule has 0 fully saturated rings. The van der Waals surface area contributed by atoms with Crippen LogP contribution in [0.25, 0.3) is 0 Å². The van der Waals surface area contributed by atoms with Gasteiger partial charge in [-0.1, -0.05) is 11.6 Å². The molecule has 1 atom stereocenters. The average Bonchev–Trinajstić information content (AvgIpc) is 2.79. The number of hydrogen-bond donors (Lipinski definition) is 1. The number of unbranched alkanes of at least 4 members (excludes halogenated alkanes) is 2. The van der Waals surface area contributed by atoms with Gasteiger partial charge in [-0.25, -0.2) is 0 Å². The van der Waals surface area contributed by atoms with Gasteiger partial charge < -0.3 is 14.8 Å². The Bertz CT molecular complexity index is 398. The predicted molar refractivity (Wildman–Crippen MR) is 78.2 cm³/mol. The minimum absolute atomic E-state index is 0.243. The zero-order chi connectivity index (χ0) is 13.5. The molecular formula is C15H22ClNO2. The van der Waals surface area contributed by atoms with Crippen LogP contribution in [0.2, 0.25) is 5.02 Å². The van der Waals surface area contributed by atoms with Crippen molar-refractivity contribution in [3.8, 4) is 5.75 Å². The fraction of sp³-hybridized carbons (Fsp3) is 0.600. The summed E-state index contributed by atoms with van der Waals surface area (Å²) in [6.07, 6.45) is 4.73. The lowest BCUT2D eigenvalue weighted by molar-refractivity contribution is 0.191. The molecule has 2 rings (SSSR count). The number of benzene rings is 1. The van der Waals surface area contributed by atoms with Gasteiger partial charge in [0.2, 0.25) is 0 Å². The highest BCUT2D eigenvalue weighted by atomic mass is 35.5. The zero-order valence-electron chi connectivity index (χ0n) is 11.5. The van der Waals surface area contributed by atoms with Crippen molar-refractivity contribution in [3.63, 3.8) is 0 Å². The normalized spacial score (nSPS) is 17.3. The topological polar surface area (TPSA) is 30.5 Å². The van der Waals surface area contributed by atoms with E-state index >= 15 is 0 Å². The van der Waals surface area contributed by atoms with E-state index in [9.17, 15) is 0 Å². The lowest BCUT2D eigenvalue weighted by Crippen LogP contribution is -2.30. The number of fused-ring (bicyclic) bond motifs is 1. The van der Waals surface area contributed by atoms with Crippen molar-refractivity contribution in [1.29, 1.82) is 0 Å². The summed E-state index contributed by atoms with van der Waals surface area (Å²) in [4.78, 5) is 0. The number of methoxy groups -OCH3 is 1. The third-order valence-electron chi connectivity index (χ3n) is 3.34. The van der Waals surface area contributed by atoms with Crippen LogP contribution in [0.15, 0.2) is 18.2 Å². The average molecular weight is 284 g/mol. The summed E-state index contributed by atoms with van der Waals surface area (Å²) in [7, 11) is 1.75. The molecule has 1 aliphatic rings. The van der Waals surface area contributed by atoms with Gasteiger partial charge in [-0.3, -0.25) is 0 Å². The van der Waals surface area contributed by atoms with Crippen molar-refractivity contribution < 1.29 is 9.47 Å². The minimum Gasteiger partial charge on any atom is -0.488 e. The molecule has 0 amide bonds. The number of nitrogens with one attached hydrogen (secondary N) is 1. The monoisotopic (exact) mass is 283 g/mol. The summed E-state index contributed by atoms with van der Waals surface area (Å²) in [5, 5.41) is 4.24. The molecule has 0 aromatic heterocycles. The maximum atomic E-state index is 5.98. The Balaban J connectivity index is 1.59. The largest absolute Gasteiger partial charge is 0.488 e. The summed E-state index contributed by atoms with van der Waals surface area (Å²) < 4.78 is 10.9. The van der Waals surface area contributed by atoms with Gasteiger partial charge in [-0.05, 0) is 49.6 Å². The molecule has 1 aromatic carbocycles. The summed E-state index contributed by atoms with van der Waals surface area (Å²) in [6.45, 7) is 2.80. The van der Waals surface area contributed by atoms with Crippen molar-refractivity contribution in [2.24, 2.45) is 0 Å². The molecule has 0 spiro atoms. The van der Waals surface area contributed by atoms with Crippen LogP contribution in [0.5, 0.6) is 5.75 Å². The van der Waals surface area contributed by atoms with Gasteiger partial charge in [-0.15, -0.1) is 0 Å². The molecule has 0 radical (unpaired) electrons. The number of ether oxygens (including phenoxy) is 2. The molecule has 19 heavy (non-hydrogen) atoms. The van der Waals surface area contributed by atoms with Gasteiger partial charge in [0.05, 0.1) is 0 Å². The van der Waals surface area contributed by atoms with E-state index in [1.54, 1.807) is 7.11 Å². The molecule has 1 aliphatic heterocycles. The van der Waals surface area contributed by atoms with Crippen LogP contribution < -0.4 is 10.1 Å². The summed E-state index contributed by atoms with van der Waals surface area (Å²) in [6, 6.07) is 5.84. The second-order valence-electron chi connectivity index (χ2n) is 4.95. The molecule has 0 aliphatic carbocycles. The quantitative estimate of drug-likeness (QED) is 0.744. The number of hydrogen-bond acceptors (Lipinski definition) is 3. The zero-order valence-corrected chi connectivity index (χ0v) is 12.2. The van der Waals surface area contributed by atoms with Crippen LogP contribution in [-0.4, -0.2) is 32.9 Å². The van der Waals surface area contributed by atoms with Crippen LogP contribution in [0.1, 0.15) is 24.8 Å². The van der Waals surface area contributed by atoms with E-state index in [2.05, 4.69) is 5.32 Å². The molecule has 1 aromatic rings. The molecule has 106 valence electrons. The fourth-order valence-corrected chi connectivity index (χ4v) is 2.53. The van der Waals surface area contributed by atoms with Gasteiger partial charge in [-0.2, -0.15) is 0 Å². The van der Waals surface area contributed by atoms with Gasteiger partial charge >= 0.3 is 0 Å². The van der Waals surface area contributed by atoms with Crippen LogP contribution in [0.3, 0.4) is 0 Å². The third-order valence-corrected chi connectivity index (χ3v) is 3.57. The van der Waals surface area contributed by atoms with Crippen LogP contribution in [-0.2, 0) is 11.2 Å². The van der Waals surface area contributed by atoms with Gasteiger partial charge in [0, 0.05) is 31.7 Å². The van der Waals surface area contributed by atoms with Crippen LogP contribution >= 0.6 is 11.6 Å². The lowest BCUT2D eigenvalue weighted by Gasteiger charge is -2.11. The second-order valence-corrected chi connectivity index (χ2v) is 5.39. The van der Waals surface area contributed by atoms with Crippen molar-refractivity contribution >= 4 is 11.6 Å². The molecular weight excluding hydrogens is 262 g/mol. The predicted octanol–water partition coefficient (Wildman–Crippen LogP) is 3.05. The van der Waals surface area contributed by atoms with E-state index in [1.807, 2.05) is 18.2 Å². The van der Waals surface area contributed by atoms with E-state index in [1.165, 1.54) is 18.4 Å². The standard InChI is InChI=1S/C15H22ClNO2/c1-18-8-4-2-3-7-17-11-14-10-12-9-13(16)5-6-15(12)19-14/h5-6,9,14,17H,2-4,7-8,10-11H2,1H3. The first kappa shape index (κ1) is 14.6. The van der Waals surface area contributed by atoms with E-state index in [-0.39, 0.29) is 6.10 Å². The summed E-state index contributed by atoms with van der Waals surface area (Å²) in [5.74, 6) is 0.983.